The molecule has 0 bridgehead atoms. The summed E-state index contributed by atoms with van der Waals surface area (Å²) < 4.78 is 5.88. The number of amides is 1. The first-order chi connectivity index (χ1) is 15.8. The number of rotatable bonds is 10. The maximum absolute atomic E-state index is 12.2. The van der Waals surface area contributed by atoms with Crippen LogP contribution in [0.25, 0.3) is 11.3 Å². The molecule has 0 aliphatic carbocycles. The van der Waals surface area contributed by atoms with E-state index in [9.17, 15) is 4.79 Å². The summed E-state index contributed by atoms with van der Waals surface area (Å²) in [6, 6.07) is 24.6. The number of hydrogen-bond acceptors (Lipinski definition) is 4. The van der Waals surface area contributed by atoms with Gasteiger partial charge in [0.1, 0.15) is 11.5 Å². The number of nitrogens with zero attached hydrogens (tertiary/aromatic N) is 2. The van der Waals surface area contributed by atoms with Gasteiger partial charge in [-0.2, -0.15) is 0 Å². The van der Waals surface area contributed by atoms with Crippen molar-refractivity contribution in [2.75, 3.05) is 44.2 Å². The number of carbonyl (C=O) groups is 1. The molecular weight excluding hydrogens is 398 g/mol. The maximum Gasteiger partial charge on any atom is 0.220 e. The molecule has 168 valence electrons. The highest BCUT2D eigenvalue weighted by Crippen LogP contribution is 2.22. The fourth-order valence-corrected chi connectivity index (χ4v) is 4.15. The van der Waals surface area contributed by atoms with Crippen molar-refractivity contribution < 1.29 is 9.21 Å². The zero-order valence-electron chi connectivity index (χ0n) is 18.7. The lowest BCUT2D eigenvalue weighted by molar-refractivity contribution is -0.121. The Balaban J connectivity index is 1.06. The number of piperazine rings is 1. The number of unbranched alkanes of at least 4 members (excludes halogenated alkanes) is 1. The average Bonchev–Trinajstić information content (AvgIpc) is 3.33. The highest BCUT2D eigenvalue weighted by atomic mass is 16.3. The number of hydrogen-bond donors (Lipinski definition) is 1. The van der Waals surface area contributed by atoms with E-state index in [0.717, 1.165) is 69.2 Å². The summed E-state index contributed by atoms with van der Waals surface area (Å²) in [6.45, 7) is 6.23. The highest BCUT2D eigenvalue weighted by molar-refractivity contribution is 5.76. The topological polar surface area (TPSA) is 48.7 Å². The van der Waals surface area contributed by atoms with E-state index in [1.165, 1.54) is 5.69 Å². The first-order valence-corrected chi connectivity index (χ1v) is 11.7. The standard InChI is InChI=1S/C27H33N3O2/c31-27(16-14-25-13-15-26(32-25)23-9-3-1-4-10-23)28-17-7-8-18-29-19-21-30(22-20-29)24-11-5-2-6-12-24/h1-6,9-13,15H,7-8,14,16-22H2,(H,28,31). The molecule has 1 N–H and O–H groups in total. The second-order valence-corrected chi connectivity index (χ2v) is 8.35. The van der Waals surface area contributed by atoms with Crippen LogP contribution >= 0.6 is 0 Å². The average molecular weight is 432 g/mol. The van der Waals surface area contributed by atoms with Gasteiger partial charge in [0.2, 0.25) is 5.91 Å². The molecule has 0 radical (unpaired) electrons. The van der Waals surface area contributed by atoms with Crippen LogP contribution in [0.3, 0.4) is 0 Å². The molecule has 1 saturated heterocycles. The molecule has 32 heavy (non-hydrogen) atoms. The predicted molar refractivity (Wildman–Crippen MR) is 130 cm³/mol. The van der Waals surface area contributed by atoms with Crippen LogP contribution in [-0.4, -0.2) is 50.1 Å². The molecule has 3 aromatic rings. The molecule has 5 heteroatoms. The minimum Gasteiger partial charge on any atom is -0.461 e. The van der Waals surface area contributed by atoms with Crippen molar-refractivity contribution in [2.24, 2.45) is 0 Å². The van der Waals surface area contributed by atoms with Crippen LogP contribution in [-0.2, 0) is 11.2 Å². The minimum absolute atomic E-state index is 0.0964. The van der Waals surface area contributed by atoms with Crippen molar-refractivity contribution in [1.82, 2.24) is 10.2 Å². The summed E-state index contributed by atoms with van der Waals surface area (Å²) >= 11 is 0. The van der Waals surface area contributed by atoms with Gasteiger partial charge < -0.3 is 14.6 Å². The summed E-state index contributed by atoms with van der Waals surface area (Å²) in [5.74, 6) is 1.80. The second-order valence-electron chi connectivity index (χ2n) is 8.35. The van der Waals surface area contributed by atoms with E-state index in [1.54, 1.807) is 0 Å². The van der Waals surface area contributed by atoms with Crippen LogP contribution in [0.4, 0.5) is 5.69 Å². The van der Waals surface area contributed by atoms with E-state index < -0.39 is 0 Å². The van der Waals surface area contributed by atoms with E-state index >= 15 is 0 Å². The van der Waals surface area contributed by atoms with Crippen LogP contribution in [0.15, 0.2) is 77.2 Å². The Morgan fingerprint density at radius 3 is 2.31 bits per heavy atom. The third kappa shape index (κ3) is 6.47. The second kappa shape index (κ2) is 11.5. The predicted octanol–water partition coefficient (Wildman–Crippen LogP) is 4.60. The lowest BCUT2D eigenvalue weighted by Crippen LogP contribution is -2.46. The van der Waals surface area contributed by atoms with Crippen LogP contribution in [0.2, 0.25) is 0 Å². The number of para-hydroxylation sites is 1. The number of anilines is 1. The highest BCUT2D eigenvalue weighted by Gasteiger charge is 2.16. The van der Waals surface area contributed by atoms with E-state index in [0.29, 0.717) is 12.8 Å². The largest absolute Gasteiger partial charge is 0.461 e. The summed E-state index contributed by atoms with van der Waals surface area (Å²) in [6.07, 6.45) is 3.22. The number of carbonyl (C=O) groups excluding carboxylic acids is 1. The molecule has 1 aliphatic rings. The molecule has 1 aliphatic heterocycles. The van der Waals surface area contributed by atoms with Gasteiger partial charge in [-0.1, -0.05) is 48.5 Å². The molecule has 1 aromatic heterocycles. The van der Waals surface area contributed by atoms with E-state index in [1.807, 2.05) is 42.5 Å². The molecule has 2 aromatic carbocycles. The maximum atomic E-state index is 12.2. The zero-order chi connectivity index (χ0) is 22.0. The third-order valence-electron chi connectivity index (χ3n) is 6.04. The molecule has 2 heterocycles. The number of aryl methyl sites for hydroxylation is 1. The van der Waals surface area contributed by atoms with Gasteiger partial charge >= 0.3 is 0 Å². The summed E-state index contributed by atoms with van der Waals surface area (Å²) in [7, 11) is 0. The Hall–Kier alpha value is -3.05. The van der Waals surface area contributed by atoms with E-state index in [-0.39, 0.29) is 5.91 Å². The van der Waals surface area contributed by atoms with Crippen LogP contribution < -0.4 is 10.2 Å². The lowest BCUT2D eigenvalue weighted by Gasteiger charge is -2.36. The van der Waals surface area contributed by atoms with Gasteiger partial charge in [0.05, 0.1) is 0 Å². The van der Waals surface area contributed by atoms with Gasteiger partial charge in [-0.05, 0) is 43.7 Å². The molecule has 0 saturated carbocycles. The summed E-state index contributed by atoms with van der Waals surface area (Å²) in [5, 5.41) is 3.05. The Bertz CT molecular complexity index is 947. The van der Waals surface area contributed by atoms with Gasteiger partial charge in [0.25, 0.3) is 0 Å². The number of furan rings is 1. The Kier molecular flexibility index (Phi) is 7.99. The van der Waals surface area contributed by atoms with Crippen LogP contribution in [0.1, 0.15) is 25.0 Å². The SMILES string of the molecule is O=C(CCc1ccc(-c2ccccc2)o1)NCCCCN1CCN(c2ccccc2)CC1. The van der Waals surface area contributed by atoms with Crippen LogP contribution in [0, 0.1) is 0 Å². The molecule has 4 rings (SSSR count). The summed E-state index contributed by atoms with van der Waals surface area (Å²) in [4.78, 5) is 17.1. The van der Waals surface area contributed by atoms with Crippen LogP contribution in [0.5, 0.6) is 0 Å². The van der Waals surface area contributed by atoms with E-state index in [2.05, 4.69) is 45.4 Å². The van der Waals surface area contributed by atoms with Gasteiger partial charge in [0.15, 0.2) is 0 Å². The van der Waals surface area contributed by atoms with Gasteiger partial charge in [-0.25, -0.2) is 0 Å². The minimum atomic E-state index is 0.0964. The first kappa shape index (κ1) is 22.2. The van der Waals surface area contributed by atoms with Gasteiger partial charge in [-0.3, -0.25) is 9.69 Å². The molecule has 0 spiro atoms. The molecule has 0 unspecified atom stereocenters. The van der Waals surface area contributed by atoms with Gasteiger partial charge in [-0.15, -0.1) is 0 Å². The van der Waals surface area contributed by atoms with Crippen molar-refractivity contribution >= 4 is 11.6 Å². The van der Waals surface area contributed by atoms with Crippen molar-refractivity contribution in [3.63, 3.8) is 0 Å². The Morgan fingerprint density at radius 1 is 0.844 bits per heavy atom. The van der Waals surface area contributed by atoms with Crippen molar-refractivity contribution in [3.05, 3.63) is 78.6 Å². The quantitative estimate of drug-likeness (QED) is 0.477. The van der Waals surface area contributed by atoms with E-state index in [4.69, 9.17) is 4.42 Å². The Labute approximate surface area is 191 Å². The molecule has 0 atom stereocenters. The summed E-state index contributed by atoms with van der Waals surface area (Å²) in [5.41, 5.74) is 2.38. The fourth-order valence-electron chi connectivity index (χ4n) is 4.15. The third-order valence-corrected chi connectivity index (χ3v) is 6.04. The van der Waals surface area contributed by atoms with Crippen molar-refractivity contribution in [2.45, 2.75) is 25.7 Å². The zero-order valence-corrected chi connectivity index (χ0v) is 18.7. The van der Waals surface area contributed by atoms with Crippen molar-refractivity contribution in [3.8, 4) is 11.3 Å². The van der Waals surface area contributed by atoms with Crippen molar-refractivity contribution in [1.29, 1.82) is 0 Å². The Morgan fingerprint density at radius 2 is 1.56 bits per heavy atom. The van der Waals surface area contributed by atoms with Gasteiger partial charge in [0, 0.05) is 56.8 Å². The molecule has 1 fully saturated rings. The first-order valence-electron chi connectivity index (χ1n) is 11.7. The number of benzene rings is 2. The lowest BCUT2D eigenvalue weighted by atomic mass is 10.2. The molecular formula is C27H33N3O2. The smallest absolute Gasteiger partial charge is 0.220 e. The molecule has 5 nitrogen and oxygen atoms in total. The monoisotopic (exact) mass is 431 g/mol. The normalized spacial score (nSPS) is 14.4. The number of nitrogens with one attached hydrogen (secondary N) is 1. The molecule has 1 amide bonds. The fraction of sp³-hybridized carbons (Fsp3) is 0.370.